The van der Waals surface area contributed by atoms with Crippen molar-refractivity contribution in [1.29, 1.82) is 0 Å². The van der Waals surface area contributed by atoms with Crippen LogP contribution in [0.15, 0.2) is 33.5 Å². The topological polar surface area (TPSA) is 91.0 Å². The molecule has 6 heteroatoms. The molecule has 2 aliphatic rings. The van der Waals surface area contributed by atoms with Crippen LogP contribution >= 0.6 is 0 Å². The number of hydrogen-bond donors (Lipinski definition) is 2. The van der Waals surface area contributed by atoms with Crippen LogP contribution in [0.2, 0.25) is 0 Å². The maximum absolute atomic E-state index is 12.8. The number of phenolic OH excluding ortho intramolecular Hbond substituents is 1. The van der Waals surface area contributed by atoms with Crippen molar-refractivity contribution >= 4 is 16.9 Å². The molecule has 2 atom stereocenters. The number of rotatable bonds is 2. The summed E-state index contributed by atoms with van der Waals surface area (Å²) < 4.78 is 5.12. The lowest BCUT2D eigenvalue weighted by Crippen LogP contribution is -2.54. The van der Waals surface area contributed by atoms with E-state index in [1.807, 2.05) is 4.90 Å². The smallest absolute Gasteiger partial charge is 0.336 e. The highest BCUT2D eigenvalue weighted by molar-refractivity contribution is 5.87. The Hall–Kier alpha value is -2.34. The molecular formula is C20H23NO5. The third-order valence-electron chi connectivity index (χ3n) is 5.94. The molecule has 1 aromatic carbocycles. The van der Waals surface area contributed by atoms with Gasteiger partial charge in [-0.3, -0.25) is 4.79 Å². The zero-order valence-electron chi connectivity index (χ0n) is 14.6. The predicted octanol–water partition coefficient (Wildman–Crippen LogP) is 2.19. The van der Waals surface area contributed by atoms with Gasteiger partial charge in [0, 0.05) is 36.5 Å². The van der Waals surface area contributed by atoms with E-state index in [0.717, 1.165) is 25.7 Å². The van der Waals surface area contributed by atoms with E-state index >= 15 is 0 Å². The molecule has 2 fully saturated rings. The molecule has 1 aromatic heterocycles. The highest BCUT2D eigenvalue weighted by Gasteiger charge is 2.43. The normalized spacial score (nSPS) is 25.9. The number of piperidine rings is 1. The molecule has 0 spiro atoms. The third kappa shape index (κ3) is 3.09. The summed E-state index contributed by atoms with van der Waals surface area (Å²) in [7, 11) is 0. The molecule has 1 aliphatic carbocycles. The quantitative estimate of drug-likeness (QED) is 0.804. The standard InChI is InChI=1S/C20H23NO5/c22-15-4-5-16-13(10-19(24)26-17(16)11-15)9-18(23)21-8-7-20(25)6-2-1-3-14(20)12-21/h4-5,10-11,14,22,25H,1-3,6-9,12H2. The first kappa shape index (κ1) is 17.1. The highest BCUT2D eigenvalue weighted by atomic mass is 16.4. The molecule has 4 rings (SSSR count). The van der Waals surface area contributed by atoms with Gasteiger partial charge in [-0.1, -0.05) is 12.8 Å². The van der Waals surface area contributed by atoms with E-state index in [0.29, 0.717) is 30.5 Å². The molecule has 1 amide bonds. The Kier molecular flexibility index (Phi) is 4.23. The van der Waals surface area contributed by atoms with Crippen molar-refractivity contribution in [3.63, 3.8) is 0 Å². The number of fused-ring (bicyclic) bond motifs is 2. The number of carbonyl (C=O) groups is 1. The van der Waals surface area contributed by atoms with Crippen LogP contribution in [0.3, 0.4) is 0 Å². The van der Waals surface area contributed by atoms with Crippen molar-refractivity contribution in [2.24, 2.45) is 5.92 Å². The van der Waals surface area contributed by atoms with Crippen molar-refractivity contribution in [3.8, 4) is 5.75 Å². The molecule has 0 radical (unpaired) electrons. The minimum absolute atomic E-state index is 0.0109. The Balaban J connectivity index is 1.55. The van der Waals surface area contributed by atoms with Gasteiger partial charge >= 0.3 is 5.63 Å². The molecule has 2 aromatic rings. The van der Waals surface area contributed by atoms with Gasteiger partial charge in [0.25, 0.3) is 0 Å². The van der Waals surface area contributed by atoms with E-state index < -0.39 is 11.2 Å². The highest BCUT2D eigenvalue weighted by Crippen LogP contribution is 2.39. The molecule has 2 N–H and O–H groups in total. The molecule has 1 saturated carbocycles. The van der Waals surface area contributed by atoms with Crippen molar-refractivity contribution in [2.75, 3.05) is 13.1 Å². The molecular weight excluding hydrogens is 334 g/mol. The number of hydrogen-bond acceptors (Lipinski definition) is 5. The lowest BCUT2D eigenvalue weighted by atomic mass is 9.71. The van der Waals surface area contributed by atoms with Crippen LogP contribution in [0.5, 0.6) is 5.75 Å². The predicted molar refractivity (Wildman–Crippen MR) is 96.0 cm³/mol. The second-order valence-electron chi connectivity index (χ2n) is 7.58. The number of aromatic hydroxyl groups is 1. The Morgan fingerprint density at radius 3 is 2.96 bits per heavy atom. The Morgan fingerprint density at radius 1 is 1.27 bits per heavy atom. The monoisotopic (exact) mass is 357 g/mol. The first-order valence-corrected chi connectivity index (χ1v) is 9.20. The van der Waals surface area contributed by atoms with Crippen LogP contribution in [0.25, 0.3) is 11.0 Å². The summed E-state index contributed by atoms with van der Waals surface area (Å²) >= 11 is 0. The van der Waals surface area contributed by atoms with E-state index in [2.05, 4.69) is 0 Å². The van der Waals surface area contributed by atoms with Crippen molar-refractivity contribution in [3.05, 3.63) is 40.2 Å². The van der Waals surface area contributed by atoms with Gasteiger partial charge in [-0.25, -0.2) is 4.79 Å². The number of amides is 1. The fourth-order valence-corrected chi connectivity index (χ4v) is 4.44. The molecule has 26 heavy (non-hydrogen) atoms. The Morgan fingerprint density at radius 2 is 2.12 bits per heavy atom. The van der Waals surface area contributed by atoms with E-state index in [-0.39, 0.29) is 29.6 Å². The van der Waals surface area contributed by atoms with E-state index in [1.54, 1.807) is 6.07 Å². The van der Waals surface area contributed by atoms with Crippen molar-refractivity contribution in [2.45, 2.75) is 44.1 Å². The van der Waals surface area contributed by atoms with Gasteiger partial charge in [0.05, 0.1) is 12.0 Å². The first-order chi connectivity index (χ1) is 12.4. The van der Waals surface area contributed by atoms with E-state index in [4.69, 9.17) is 4.42 Å². The molecule has 138 valence electrons. The molecule has 6 nitrogen and oxygen atoms in total. The summed E-state index contributed by atoms with van der Waals surface area (Å²) in [5.74, 6) is 0.109. The van der Waals surface area contributed by atoms with Gasteiger partial charge in [-0.2, -0.15) is 0 Å². The molecule has 2 heterocycles. The van der Waals surface area contributed by atoms with E-state index in [1.165, 1.54) is 18.2 Å². The van der Waals surface area contributed by atoms with Gasteiger partial charge in [0.15, 0.2) is 0 Å². The number of phenols is 1. The van der Waals surface area contributed by atoms with Crippen molar-refractivity contribution < 1.29 is 19.4 Å². The van der Waals surface area contributed by atoms with Gasteiger partial charge in [-0.05, 0) is 37.0 Å². The van der Waals surface area contributed by atoms with Crippen molar-refractivity contribution in [1.82, 2.24) is 4.90 Å². The zero-order valence-corrected chi connectivity index (χ0v) is 14.6. The van der Waals surface area contributed by atoms with Gasteiger partial charge in [0.2, 0.25) is 5.91 Å². The molecule has 0 bridgehead atoms. The number of aliphatic hydroxyl groups is 1. The van der Waals surface area contributed by atoms with Crippen LogP contribution in [0.1, 0.15) is 37.7 Å². The fourth-order valence-electron chi connectivity index (χ4n) is 4.44. The van der Waals surface area contributed by atoms with Crippen LogP contribution in [-0.4, -0.2) is 39.7 Å². The van der Waals surface area contributed by atoms with Crippen LogP contribution in [0, 0.1) is 5.92 Å². The fraction of sp³-hybridized carbons (Fsp3) is 0.500. The first-order valence-electron chi connectivity index (χ1n) is 9.20. The lowest BCUT2D eigenvalue weighted by molar-refractivity contribution is -0.142. The van der Waals surface area contributed by atoms with Gasteiger partial charge in [-0.15, -0.1) is 0 Å². The van der Waals surface area contributed by atoms with Gasteiger partial charge < -0.3 is 19.5 Å². The van der Waals surface area contributed by atoms with E-state index in [9.17, 15) is 19.8 Å². The Bertz CT molecular complexity index is 905. The molecule has 1 saturated heterocycles. The molecule has 2 unspecified atom stereocenters. The number of carbonyl (C=O) groups excluding carboxylic acids is 1. The second-order valence-corrected chi connectivity index (χ2v) is 7.58. The van der Waals surface area contributed by atoms with Gasteiger partial charge in [0.1, 0.15) is 11.3 Å². The number of nitrogens with zero attached hydrogens (tertiary/aromatic N) is 1. The number of benzene rings is 1. The second kappa shape index (κ2) is 6.43. The molecule has 1 aliphatic heterocycles. The summed E-state index contributed by atoms with van der Waals surface area (Å²) in [4.78, 5) is 26.4. The minimum atomic E-state index is -0.618. The zero-order chi connectivity index (χ0) is 18.3. The third-order valence-corrected chi connectivity index (χ3v) is 5.94. The lowest BCUT2D eigenvalue weighted by Gasteiger charge is -2.47. The maximum Gasteiger partial charge on any atom is 0.336 e. The largest absolute Gasteiger partial charge is 0.508 e. The summed E-state index contributed by atoms with van der Waals surface area (Å²) in [5, 5.41) is 21.0. The van der Waals surface area contributed by atoms with Crippen LogP contribution < -0.4 is 5.63 Å². The Labute approximate surface area is 151 Å². The average Bonchev–Trinajstić information content (AvgIpc) is 2.60. The average molecular weight is 357 g/mol. The summed E-state index contributed by atoms with van der Waals surface area (Å²) in [6.45, 7) is 1.13. The SMILES string of the molecule is O=C(Cc1cc(=O)oc2cc(O)ccc12)N1CCC2(O)CCCCC2C1. The maximum atomic E-state index is 12.8. The summed E-state index contributed by atoms with van der Waals surface area (Å²) in [6.07, 6.45) is 4.67. The summed E-state index contributed by atoms with van der Waals surface area (Å²) in [5.41, 5.74) is -0.273. The number of likely N-dealkylation sites (tertiary alicyclic amines) is 1. The van der Waals surface area contributed by atoms with Crippen LogP contribution in [0.4, 0.5) is 0 Å². The minimum Gasteiger partial charge on any atom is -0.508 e. The van der Waals surface area contributed by atoms with Crippen LogP contribution in [-0.2, 0) is 11.2 Å². The summed E-state index contributed by atoms with van der Waals surface area (Å²) in [6, 6.07) is 5.90.